The molecule has 86 valence electrons. The minimum Gasteiger partial charge on any atom is -0.480 e. The standard InChI is InChI=1S/C14H19NO/c1-7-11-12(9(2)3)8-13(10(4)5)15-14(11)16-6/h1,8-10H,2-6H3. The summed E-state index contributed by atoms with van der Waals surface area (Å²) in [6, 6.07) is 2.09. The molecule has 1 aromatic rings. The summed E-state index contributed by atoms with van der Waals surface area (Å²) in [7, 11) is 1.61. The monoisotopic (exact) mass is 217 g/mol. The average molecular weight is 217 g/mol. The number of terminal acetylenes is 1. The molecule has 0 fully saturated rings. The second-order valence-electron chi connectivity index (χ2n) is 4.47. The molecular weight excluding hydrogens is 198 g/mol. The molecule has 2 heteroatoms. The number of methoxy groups -OCH3 is 1. The highest BCUT2D eigenvalue weighted by atomic mass is 16.5. The van der Waals surface area contributed by atoms with Crippen molar-refractivity contribution in [3.05, 3.63) is 22.9 Å². The lowest BCUT2D eigenvalue weighted by Gasteiger charge is -2.15. The Morgan fingerprint density at radius 3 is 2.25 bits per heavy atom. The Morgan fingerprint density at radius 1 is 1.25 bits per heavy atom. The van der Waals surface area contributed by atoms with Gasteiger partial charge in [0.1, 0.15) is 0 Å². The van der Waals surface area contributed by atoms with Crippen molar-refractivity contribution >= 4 is 0 Å². The Hall–Kier alpha value is -1.49. The van der Waals surface area contributed by atoms with Crippen molar-refractivity contribution in [2.75, 3.05) is 7.11 Å². The van der Waals surface area contributed by atoms with Crippen LogP contribution in [0.4, 0.5) is 0 Å². The number of rotatable bonds is 3. The molecule has 0 bridgehead atoms. The second kappa shape index (κ2) is 5.03. The zero-order valence-corrected chi connectivity index (χ0v) is 10.7. The fraction of sp³-hybridized carbons (Fsp3) is 0.500. The van der Waals surface area contributed by atoms with Crippen LogP contribution in [0, 0.1) is 12.3 Å². The summed E-state index contributed by atoms with van der Waals surface area (Å²) in [4.78, 5) is 4.44. The summed E-state index contributed by atoms with van der Waals surface area (Å²) in [6.45, 7) is 8.47. The summed E-state index contributed by atoms with van der Waals surface area (Å²) in [6.07, 6.45) is 5.52. The Labute approximate surface area is 98.0 Å². The summed E-state index contributed by atoms with van der Waals surface area (Å²) in [5.74, 6) is 3.99. The number of ether oxygens (including phenoxy) is 1. The molecule has 0 aliphatic heterocycles. The molecular formula is C14H19NO. The van der Waals surface area contributed by atoms with Crippen LogP contribution in [0.5, 0.6) is 5.88 Å². The van der Waals surface area contributed by atoms with Gasteiger partial charge in [-0.1, -0.05) is 33.6 Å². The first kappa shape index (κ1) is 12.6. The van der Waals surface area contributed by atoms with Crippen molar-refractivity contribution in [2.24, 2.45) is 0 Å². The number of pyridine rings is 1. The topological polar surface area (TPSA) is 22.1 Å². The molecule has 0 aromatic carbocycles. The Kier molecular flexibility index (Phi) is 3.95. The third-order valence-corrected chi connectivity index (χ3v) is 2.59. The van der Waals surface area contributed by atoms with Gasteiger partial charge in [0.25, 0.3) is 0 Å². The maximum absolute atomic E-state index is 5.52. The van der Waals surface area contributed by atoms with Gasteiger partial charge >= 0.3 is 0 Å². The van der Waals surface area contributed by atoms with E-state index >= 15 is 0 Å². The maximum Gasteiger partial charge on any atom is 0.229 e. The van der Waals surface area contributed by atoms with Gasteiger partial charge in [0, 0.05) is 5.69 Å². The van der Waals surface area contributed by atoms with Gasteiger partial charge in [0.05, 0.1) is 12.7 Å². The Morgan fingerprint density at radius 2 is 1.88 bits per heavy atom. The first-order valence-electron chi connectivity index (χ1n) is 5.56. The van der Waals surface area contributed by atoms with Crippen LogP contribution in [-0.4, -0.2) is 12.1 Å². The zero-order valence-electron chi connectivity index (χ0n) is 10.7. The first-order valence-corrected chi connectivity index (χ1v) is 5.56. The fourth-order valence-corrected chi connectivity index (χ4v) is 1.60. The van der Waals surface area contributed by atoms with E-state index < -0.39 is 0 Å². The van der Waals surface area contributed by atoms with E-state index in [2.05, 4.69) is 44.7 Å². The molecule has 1 rings (SSSR count). The lowest BCUT2D eigenvalue weighted by Crippen LogP contribution is -2.04. The van der Waals surface area contributed by atoms with Crippen molar-refractivity contribution < 1.29 is 4.74 Å². The van der Waals surface area contributed by atoms with Crippen LogP contribution < -0.4 is 4.74 Å². The smallest absolute Gasteiger partial charge is 0.229 e. The van der Waals surface area contributed by atoms with Gasteiger partial charge in [-0.25, -0.2) is 4.98 Å². The van der Waals surface area contributed by atoms with Crippen LogP contribution in [0.3, 0.4) is 0 Å². The molecule has 1 heterocycles. The summed E-state index contributed by atoms with van der Waals surface area (Å²) in [5.41, 5.74) is 2.94. The van der Waals surface area contributed by atoms with Gasteiger partial charge in [0.2, 0.25) is 5.88 Å². The van der Waals surface area contributed by atoms with Gasteiger partial charge < -0.3 is 4.74 Å². The van der Waals surface area contributed by atoms with Gasteiger partial charge in [-0.3, -0.25) is 0 Å². The summed E-state index contributed by atoms with van der Waals surface area (Å²) in [5, 5.41) is 0. The van der Waals surface area contributed by atoms with Gasteiger partial charge in [-0.2, -0.15) is 0 Å². The Bertz CT molecular complexity index is 413. The maximum atomic E-state index is 5.52. The van der Waals surface area contributed by atoms with Crippen LogP contribution in [0.15, 0.2) is 6.07 Å². The second-order valence-corrected chi connectivity index (χ2v) is 4.47. The molecule has 0 aliphatic rings. The predicted molar refractivity (Wildman–Crippen MR) is 66.9 cm³/mol. The van der Waals surface area contributed by atoms with Crippen molar-refractivity contribution in [3.8, 4) is 18.2 Å². The number of nitrogens with zero attached hydrogens (tertiary/aromatic N) is 1. The van der Waals surface area contributed by atoms with E-state index in [9.17, 15) is 0 Å². The molecule has 0 aliphatic carbocycles. The Balaban J connectivity index is 3.45. The number of hydrogen-bond acceptors (Lipinski definition) is 2. The van der Waals surface area contributed by atoms with E-state index in [1.165, 1.54) is 0 Å². The fourth-order valence-electron chi connectivity index (χ4n) is 1.60. The third kappa shape index (κ3) is 2.36. The zero-order chi connectivity index (χ0) is 12.3. The summed E-state index contributed by atoms with van der Waals surface area (Å²) >= 11 is 0. The number of aromatic nitrogens is 1. The van der Waals surface area contributed by atoms with E-state index in [-0.39, 0.29) is 0 Å². The number of hydrogen-bond donors (Lipinski definition) is 0. The van der Waals surface area contributed by atoms with Gasteiger partial charge in [-0.15, -0.1) is 6.42 Å². The lowest BCUT2D eigenvalue weighted by atomic mass is 9.95. The highest BCUT2D eigenvalue weighted by Gasteiger charge is 2.15. The molecule has 0 N–H and O–H groups in total. The van der Waals surface area contributed by atoms with Crippen LogP contribution in [-0.2, 0) is 0 Å². The van der Waals surface area contributed by atoms with Gasteiger partial charge in [0.15, 0.2) is 0 Å². The van der Waals surface area contributed by atoms with E-state index in [0.29, 0.717) is 17.7 Å². The normalized spacial score (nSPS) is 10.6. The first-order chi connectivity index (χ1) is 7.51. The molecule has 0 radical (unpaired) electrons. The quantitative estimate of drug-likeness (QED) is 0.725. The van der Waals surface area contributed by atoms with Crippen LogP contribution in [0.25, 0.3) is 0 Å². The SMILES string of the molecule is C#Cc1c(C(C)C)cc(C(C)C)nc1OC. The lowest BCUT2D eigenvalue weighted by molar-refractivity contribution is 0.393. The molecule has 0 saturated carbocycles. The molecule has 0 atom stereocenters. The molecule has 16 heavy (non-hydrogen) atoms. The largest absolute Gasteiger partial charge is 0.480 e. The molecule has 2 nitrogen and oxygen atoms in total. The van der Waals surface area contributed by atoms with E-state index in [1.54, 1.807) is 7.11 Å². The van der Waals surface area contributed by atoms with Crippen LogP contribution in [0.1, 0.15) is 56.4 Å². The van der Waals surface area contributed by atoms with E-state index in [0.717, 1.165) is 16.8 Å². The highest BCUT2D eigenvalue weighted by Crippen LogP contribution is 2.28. The van der Waals surface area contributed by atoms with E-state index in [4.69, 9.17) is 11.2 Å². The van der Waals surface area contributed by atoms with E-state index in [1.807, 2.05) is 0 Å². The molecule has 0 spiro atoms. The third-order valence-electron chi connectivity index (χ3n) is 2.59. The van der Waals surface area contributed by atoms with Crippen LogP contribution in [0.2, 0.25) is 0 Å². The summed E-state index contributed by atoms with van der Waals surface area (Å²) < 4.78 is 5.26. The minimum atomic E-state index is 0.373. The molecule has 1 aromatic heterocycles. The van der Waals surface area contributed by atoms with Crippen molar-refractivity contribution in [1.29, 1.82) is 0 Å². The van der Waals surface area contributed by atoms with Crippen LogP contribution >= 0.6 is 0 Å². The molecule has 0 amide bonds. The molecule has 0 unspecified atom stereocenters. The predicted octanol–water partition coefficient (Wildman–Crippen LogP) is 3.32. The molecule has 0 saturated heterocycles. The minimum absolute atomic E-state index is 0.373. The highest BCUT2D eigenvalue weighted by molar-refractivity contribution is 5.49. The van der Waals surface area contributed by atoms with Crippen molar-refractivity contribution in [3.63, 3.8) is 0 Å². The average Bonchev–Trinajstić information content (AvgIpc) is 2.26. The van der Waals surface area contributed by atoms with Crippen molar-refractivity contribution in [1.82, 2.24) is 4.98 Å². The van der Waals surface area contributed by atoms with Gasteiger partial charge in [-0.05, 0) is 23.5 Å². The van der Waals surface area contributed by atoms with Crippen molar-refractivity contribution in [2.45, 2.75) is 39.5 Å².